The lowest BCUT2D eigenvalue weighted by Crippen LogP contribution is -2.40. The minimum absolute atomic E-state index is 0.594. The van der Waals surface area contributed by atoms with Gasteiger partial charge in [-0.3, -0.25) is 0 Å². The van der Waals surface area contributed by atoms with Gasteiger partial charge in [-0.25, -0.2) is 0 Å². The maximum absolute atomic E-state index is 5.11. The molecule has 0 amide bonds. The van der Waals surface area contributed by atoms with Crippen molar-refractivity contribution in [1.29, 1.82) is 0 Å². The summed E-state index contributed by atoms with van der Waals surface area (Å²) in [5.41, 5.74) is 2.24. The highest BCUT2D eigenvalue weighted by molar-refractivity contribution is 7.71. The number of tetrazole rings is 1. The Morgan fingerprint density at radius 2 is 2.00 bits per heavy atom. The highest BCUT2D eigenvalue weighted by Crippen LogP contribution is 2.06. The van der Waals surface area contributed by atoms with Crippen LogP contribution >= 0.6 is 12.2 Å². The van der Waals surface area contributed by atoms with Gasteiger partial charge < -0.3 is 0 Å². The number of aromatic amines is 1. The molecule has 1 aromatic carbocycles. The largest absolute Gasteiger partial charge is 0.326 e. The van der Waals surface area contributed by atoms with Gasteiger partial charge in [0.2, 0.25) is 0 Å². The SMILES string of the molecule is Cc1ccc(-n2c(=S)[nH]n[n+]2C)cc1. The Hall–Kier alpha value is -1.49. The molecule has 5 heteroatoms. The van der Waals surface area contributed by atoms with Crippen molar-refractivity contribution in [3.8, 4) is 5.69 Å². The molecule has 72 valence electrons. The molecule has 1 aromatic heterocycles. The number of aromatic nitrogens is 4. The normalized spacial score (nSPS) is 10.4. The fourth-order valence-electron chi connectivity index (χ4n) is 1.31. The first-order chi connectivity index (χ1) is 6.68. The number of hydrogen-bond acceptors (Lipinski definition) is 2. The van der Waals surface area contributed by atoms with Gasteiger partial charge in [0.15, 0.2) is 0 Å². The second-order valence-corrected chi connectivity index (χ2v) is 3.54. The zero-order chi connectivity index (χ0) is 10.1. The predicted octanol–water partition coefficient (Wildman–Crippen LogP) is 1.06. The van der Waals surface area contributed by atoms with E-state index >= 15 is 0 Å². The van der Waals surface area contributed by atoms with Crippen molar-refractivity contribution in [2.45, 2.75) is 6.92 Å². The molecule has 2 aromatic rings. The first-order valence-corrected chi connectivity index (χ1v) is 4.70. The van der Waals surface area contributed by atoms with Crippen LogP contribution in [0.4, 0.5) is 0 Å². The van der Waals surface area contributed by atoms with E-state index in [1.807, 2.05) is 36.0 Å². The van der Waals surface area contributed by atoms with Crippen molar-refractivity contribution < 1.29 is 4.80 Å². The Balaban J connectivity index is 2.60. The van der Waals surface area contributed by atoms with E-state index in [4.69, 9.17) is 12.2 Å². The summed E-state index contributed by atoms with van der Waals surface area (Å²) in [6, 6.07) is 8.12. The van der Waals surface area contributed by atoms with E-state index in [1.54, 1.807) is 4.80 Å². The van der Waals surface area contributed by atoms with Gasteiger partial charge in [-0.15, -0.1) is 9.78 Å². The molecule has 1 N–H and O–H groups in total. The van der Waals surface area contributed by atoms with Crippen LogP contribution in [-0.2, 0) is 7.05 Å². The van der Waals surface area contributed by atoms with Gasteiger partial charge in [-0.2, -0.15) is 0 Å². The Labute approximate surface area is 86.8 Å². The number of nitrogens with zero attached hydrogens (tertiary/aromatic N) is 3. The Kier molecular flexibility index (Phi) is 2.17. The lowest BCUT2D eigenvalue weighted by atomic mass is 10.2. The van der Waals surface area contributed by atoms with E-state index in [-0.39, 0.29) is 0 Å². The Morgan fingerprint density at radius 3 is 2.50 bits per heavy atom. The van der Waals surface area contributed by atoms with Crippen LogP contribution in [0, 0.1) is 11.7 Å². The zero-order valence-corrected chi connectivity index (χ0v) is 8.88. The summed E-state index contributed by atoms with van der Waals surface area (Å²) in [7, 11) is 1.84. The van der Waals surface area contributed by atoms with E-state index < -0.39 is 0 Å². The van der Waals surface area contributed by atoms with Crippen LogP contribution < -0.4 is 4.80 Å². The van der Waals surface area contributed by atoms with Gasteiger partial charge in [0.25, 0.3) is 0 Å². The molecule has 1 heterocycles. The second-order valence-electron chi connectivity index (χ2n) is 3.15. The summed E-state index contributed by atoms with van der Waals surface area (Å²) in [5, 5.41) is 6.71. The van der Waals surface area contributed by atoms with Crippen LogP contribution in [0.25, 0.3) is 5.69 Å². The van der Waals surface area contributed by atoms with Crippen LogP contribution in [0.3, 0.4) is 0 Å². The molecule has 0 fully saturated rings. The standard InChI is InChI=1S/C9H10N4S/c1-7-3-5-8(6-4-7)13-9(14)10-11-12(13)2/h3-6H,1-2H3/p+1. The van der Waals surface area contributed by atoms with Crippen molar-refractivity contribution in [3.63, 3.8) is 0 Å². The quantitative estimate of drug-likeness (QED) is 0.561. The molecule has 0 spiro atoms. The van der Waals surface area contributed by atoms with Crippen molar-refractivity contribution in [2.75, 3.05) is 0 Å². The zero-order valence-electron chi connectivity index (χ0n) is 8.06. The molecular weight excluding hydrogens is 196 g/mol. The minimum Gasteiger partial charge on any atom is -0.116 e. The van der Waals surface area contributed by atoms with Crippen molar-refractivity contribution in [1.82, 2.24) is 15.0 Å². The average Bonchev–Trinajstić information content (AvgIpc) is 2.49. The van der Waals surface area contributed by atoms with Gasteiger partial charge in [-0.05, 0) is 31.3 Å². The van der Waals surface area contributed by atoms with Crippen LogP contribution in [-0.4, -0.2) is 15.0 Å². The molecule has 0 aliphatic rings. The van der Waals surface area contributed by atoms with Gasteiger partial charge >= 0.3 is 4.77 Å². The van der Waals surface area contributed by atoms with E-state index in [1.165, 1.54) is 5.56 Å². The minimum atomic E-state index is 0.594. The highest BCUT2D eigenvalue weighted by Gasteiger charge is 2.08. The average molecular weight is 207 g/mol. The third-order valence-corrected chi connectivity index (χ3v) is 2.31. The fraction of sp³-hybridized carbons (Fsp3) is 0.222. The van der Waals surface area contributed by atoms with Crippen LogP contribution in [0.5, 0.6) is 0 Å². The molecule has 4 nitrogen and oxygen atoms in total. The van der Waals surface area contributed by atoms with Gasteiger partial charge in [0, 0.05) is 0 Å². The van der Waals surface area contributed by atoms with E-state index in [0.717, 1.165) is 5.69 Å². The topological polar surface area (TPSA) is 37.5 Å². The predicted molar refractivity (Wildman–Crippen MR) is 54.7 cm³/mol. The maximum Gasteiger partial charge on any atom is 0.326 e. The van der Waals surface area contributed by atoms with Crippen LogP contribution in [0.2, 0.25) is 0 Å². The molecule has 0 saturated heterocycles. The summed E-state index contributed by atoms with van der Waals surface area (Å²) < 4.78 is 2.42. The molecule has 0 unspecified atom stereocenters. The van der Waals surface area contributed by atoms with Crippen LogP contribution in [0.1, 0.15) is 5.56 Å². The second kappa shape index (κ2) is 3.34. The van der Waals surface area contributed by atoms with Gasteiger partial charge in [-0.1, -0.05) is 22.5 Å². The monoisotopic (exact) mass is 207 g/mol. The summed E-state index contributed by atoms with van der Waals surface area (Å²) in [5.74, 6) is 0. The summed E-state index contributed by atoms with van der Waals surface area (Å²) >= 11 is 5.11. The van der Waals surface area contributed by atoms with Crippen molar-refractivity contribution >= 4 is 12.2 Å². The number of aryl methyl sites for hydroxylation is 2. The molecule has 0 saturated carbocycles. The third-order valence-electron chi connectivity index (χ3n) is 2.05. The van der Waals surface area contributed by atoms with E-state index in [0.29, 0.717) is 4.77 Å². The first kappa shape index (κ1) is 9.08. The third kappa shape index (κ3) is 1.46. The summed E-state index contributed by atoms with van der Waals surface area (Å²) in [6.07, 6.45) is 0. The lowest BCUT2D eigenvalue weighted by molar-refractivity contribution is -0.800. The van der Waals surface area contributed by atoms with Crippen LogP contribution in [0.15, 0.2) is 24.3 Å². The smallest absolute Gasteiger partial charge is 0.116 e. The molecule has 0 aliphatic heterocycles. The molecule has 0 radical (unpaired) electrons. The maximum atomic E-state index is 5.11. The molecule has 0 aliphatic carbocycles. The van der Waals surface area contributed by atoms with Crippen molar-refractivity contribution in [3.05, 3.63) is 34.6 Å². The Bertz CT molecular complexity index is 494. The van der Waals surface area contributed by atoms with Gasteiger partial charge in [0.1, 0.15) is 12.3 Å². The Morgan fingerprint density at radius 1 is 1.36 bits per heavy atom. The number of hydrogen-bond donors (Lipinski definition) is 1. The molecular formula is C9H11N4S+. The van der Waals surface area contributed by atoms with E-state index in [9.17, 15) is 0 Å². The summed E-state index contributed by atoms with van der Waals surface area (Å²) in [6.45, 7) is 2.05. The fourth-order valence-corrected chi connectivity index (χ4v) is 1.57. The number of benzene rings is 1. The van der Waals surface area contributed by atoms with Gasteiger partial charge in [0.05, 0.1) is 5.69 Å². The molecule has 14 heavy (non-hydrogen) atoms. The van der Waals surface area contributed by atoms with E-state index in [2.05, 4.69) is 17.2 Å². The number of H-pyrrole nitrogens is 1. The molecule has 2 rings (SSSR count). The number of rotatable bonds is 1. The highest BCUT2D eigenvalue weighted by atomic mass is 32.1. The first-order valence-electron chi connectivity index (χ1n) is 4.29. The van der Waals surface area contributed by atoms with Crippen molar-refractivity contribution in [2.24, 2.45) is 7.05 Å². The molecule has 0 atom stereocenters. The summed E-state index contributed by atoms with van der Waals surface area (Å²) in [4.78, 5) is 1.67. The molecule has 0 bridgehead atoms. The number of nitrogens with one attached hydrogen (secondary N) is 1. The lowest BCUT2D eigenvalue weighted by Gasteiger charge is -1.99.